The third kappa shape index (κ3) is 3.87. The Kier molecular flexibility index (Phi) is 5.24. The van der Waals surface area contributed by atoms with Crippen LogP contribution in [0.5, 0.6) is 5.75 Å². The zero-order chi connectivity index (χ0) is 14.4. The highest BCUT2D eigenvalue weighted by molar-refractivity contribution is 5.91. The second-order valence-electron chi connectivity index (χ2n) is 4.87. The van der Waals surface area contributed by atoms with Crippen molar-refractivity contribution in [1.82, 2.24) is 0 Å². The summed E-state index contributed by atoms with van der Waals surface area (Å²) in [4.78, 5) is 11.8. The monoisotopic (exact) mass is 279 g/mol. The minimum Gasteiger partial charge on any atom is -0.495 e. The Balaban J connectivity index is 1.75. The minimum absolute atomic E-state index is 0.338. The van der Waals surface area contributed by atoms with E-state index in [1.54, 1.807) is 18.2 Å². The van der Waals surface area contributed by atoms with Crippen LogP contribution in [0.15, 0.2) is 18.2 Å². The Morgan fingerprint density at radius 2 is 2.35 bits per heavy atom. The van der Waals surface area contributed by atoms with Crippen LogP contribution in [0.3, 0.4) is 0 Å². The predicted molar refractivity (Wildman–Crippen MR) is 75.9 cm³/mol. The van der Waals surface area contributed by atoms with Crippen molar-refractivity contribution in [2.45, 2.75) is 31.8 Å². The number of carbonyl (C=O) groups is 1. The van der Waals surface area contributed by atoms with Gasteiger partial charge >= 0.3 is 5.97 Å². The van der Waals surface area contributed by atoms with Crippen molar-refractivity contribution in [2.24, 2.45) is 0 Å². The Bertz CT molecular complexity index is 455. The molecule has 0 saturated carbocycles. The summed E-state index contributed by atoms with van der Waals surface area (Å²) in [6.07, 6.45) is 4.35. The van der Waals surface area contributed by atoms with Gasteiger partial charge in [-0.1, -0.05) is 0 Å². The third-order valence-electron chi connectivity index (χ3n) is 3.39. The van der Waals surface area contributed by atoms with Crippen LogP contribution in [0.25, 0.3) is 0 Å². The molecule has 1 saturated heterocycles. The largest absolute Gasteiger partial charge is 0.495 e. The fourth-order valence-corrected chi connectivity index (χ4v) is 2.29. The first kappa shape index (κ1) is 14.7. The molecule has 0 amide bonds. The first-order chi connectivity index (χ1) is 9.70. The molecular formula is C15H21NO4. The number of nitrogen functional groups attached to an aromatic ring is 1. The molecule has 1 fully saturated rings. The molecule has 0 aromatic heterocycles. The van der Waals surface area contributed by atoms with Crippen molar-refractivity contribution < 1.29 is 19.0 Å². The minimum atomic E-state index is -0.355. The van der Waals surface area contributed by atoms with Gasteiger partial charge in [-0.3, -0.25) is 0 Å². The van der Waals surface area contributed by atoms with Crippen LogP contribution in [0, 0.1) is 0 Å². The molecule has 0 spiro atoms. The number of rotatable bonds is 6. The highest BCUT2D eigenvalue weighted by Crippen LogP contribution is 2.22. The molecule has 20 heavy (non-hydrogen) atoms. The van der Waals surface area contributed by atoms with Gasteiger partial charge in [0.1, 0.15) is 5.75 Å². The van der Waals surface area contributed by atoms with Gasteiger partial charge < -0.3 is 19.9 Å². The number of hydrogen-bond donors (Lipinski definition) is 1. The molecule has 1 aromatic carbocycles. The van der Waals surface area contributed by atoms with Crippen LogP contribution < -0.4 is 10.5 Å². The number of carbonyl (C=O) groups excluding carboxylic acids is 1. The molecule has 1 aromatic rings. The number of hydrogen-bond acceptors (Lipinski definition) is 5. The van der Waals surface area contributed by atoms with E-state index in [4.69, 9.17) is 19.9 Å². The quantitative estimate of drug-likeness (QED) is 0.492. The Morgan fingerprint density at radius 1 is 1.50 bits per heavy atom. The molecule has 0 aliphatic carbocycles. The molecule has 5 heteroatoms. The van der Waals surface area contributed by atoms with E-state index in [-0.39, 0.29) is 5.97 Å². The Labute approximate surface area is 119 Å². The van der Waals surface area contributed by atoms with E-state index >= 15 is 0 Å². The van der Waals surface area contributed by atoms with Crippen molar-refractivity contribution in [2.75, 3.05) is 26.1 Å². The molecule has 0 radical (unpaired) electrons. The maximum atomic E-state index is 11.8. The molecule has 2 rings (SSSR count). The Hall–Kier alpha value is -1.75. The van der Waals surface area contributed by atoms with Crippen LogP contribution in [0.1, 0.15) is 36.0 Å². The number of methoxy groups -OCH3 is 1. The standard InChI is InChI=1S/C15H21NO4/c1-18-14-7-6-11(10-13(14)16)15(17)20-9-3-5-12-4-2-8-19-12/h6-7,10,12H,2-5,8-9,16H2,1H3. The lowest BCUT2D eigenvalue weighted by Gasteiger charge is -2.10. The van der Waals surface area contributed by atoms with Gasteiger partial charge in [0.2, 0.25) is 0 Å². The smallest absolute Gasteiger partial charge is 0.338 e. The summed E-state index contributed by atoms with van der Waals surface area (Å²) in [5.41, 5.74) is 6.63. The zero-order valence-electron chi connectivity index (χ0n) is 11.8. The van der Waals surface area contributed by atoms with Crippen molar-refractivity contribution in [3.63, 3.8) is 0 Å². The second-order valence-corrected chi connectivity index (χ2v) is 4.87. The summed E-state index contributed by atoms with van der Waals surface area (Å²) < 4.78 is 15.8. The van der Waals surface area contributed by atoms with Gasteiger partial charge in [-0.05, 0) is 43.9 Å². The predicted octanol–water partition coefficient (Wildman–Crippen LogP) is 2.39. The third-order valence-corrected chi connectivity index (χ3v) is 3.39. The molecule has 1 aliphatic heterocycles. The molecule has 1 heterocycles. The average molecular weight is 279 g/mol. The zero-order valence-corrected chi connectivity index (χ0v) is 11.8. The van der Waals surface area contributed by atoms with Crippen molar-refractivity contribution in [3.8, 4) is 5.75 Å². The lowest BCUT2D eigenvalue weighted by Crippen LogP contribution is -2.10. The summed E-state index contributed by atoms with van der Waals surface area (Å²) in [5, 5.41) is 0. The van der Waals surface area contributed by atoms with Gasteiger partial charge in [-0.25, -0.2) is 4.79 Å². The lowest BCUT2D eigenvalue weighted by molar-refractivity contribution is 0.0461. The molecule has 1 aliphatic rings. The second kappa shape index (κ2) is 7.14. The van der Waals surface area contributed by atoms with Gasteiger partial charge in [0.15, 0.2) is 0 Å². The number of nitrogens with two attached hydrogens (primary N) is 1. The fraction of sp³-hybridized carbons (Fsp3) is 0.533. The first-order valence-corrected chi connectivity index (χ1v) is 6.93. The van der Waals surface area contributed by atoms with E-state index < -0.39 is 0 Å². The van der Waals surface area contributed by atoms with Crippen LogP contribution in [0.2, 0.25) is 0 Å². The van der Waals surface area contributed by atoms with E-state index in [0.29, 0.717) is 29.7 Å². The van der Waals surface area contributed by atoms with Gasteiger partial charge in [-0.15, -0.1) is 0 Å². The summed E-state index contributed by atoms with van der Waals surface area (Å²) in [7, 11) is 1.54. The summed E-state index contributed by atoms with van der Waals surface area (Å²) >= 11 is 0. The van der Waals surface area contributed by atoms with E-state index in [9.17, 15) is 4.79 Å². The number of benzene rings is 1. The normalized spacial score (nSPS) is 17.9. The maximum Gasteiger partial charge on any atom is 0.338 e. The van der Waals surface area contributed by atoms with E-state index in [0.717, 1.165) is 32.3 Å². The maximum absolute atomic E-state index is 11.8. The van der Waals surface area contributed by atoms with Crippen molar-refractivity contribution >= 4 is 11.7 Å². The topological polar surface area (TPSA) is 70.8 Å². The summed E-state index contributed by atoms with van der Waals surface area (Å²) in [5.74, 6) is 0.201. The highest BCUT2D eigenvalue weighted by Gasteiger charge is 2.15. The molecule has 110 valence electrons. The fourth-order valence-electron chi connectivity index (χ4n) is 2.29. The summed E-state index contributed by atoms with van der Waals surface area (Å²) in [6, 6.07) is 4.89. The van der Waals surface area contributed by atoms with Gasteiger partial charge in [-0.2, -0.15) is 0 Å². The van der Waals surface area contributed by atoms with Gasteiger partial charge in [0.05, 0.1) is 31.1 Å². The lowest BCUT2D eigenvalue weighted by atomic mass is 10.1. The SMILES string of the molecule is COc1ccc(C(=O)OCCCC2CCCO2)cc1N. The Morgan fingerprint density at radius 3 is 3.00 bits per heavy atom. The van der Waals surface area contributed by atoms with Crippen molar-refractivity contribution in [1.29, 1.82) is 0 Å². The number of anilines is 1. The van der Waals surface area contributed by atoms with Gasteiger partial charge in [0.25, 0.3) is 0 Å². The molecular weight excluding hydrogens is 258 g/mol. The number of ether oxygens (including phenoxy) is 3. The van der Waals surface area contributed by atoms with E-state index in [1.165, 1.54) is 7.11 Å². The van der Waals surface area contributed by atoms with Crippen LogP contribution >= 0.6 is 0 Å². The summed E-state index contributed by atoms with van der Waals surface area (Å²) in [6.45, 7) is 1.26. The van der Waals surface area contributed by atoms with E-state index in [2.05, 4.69) is 0 Å². The highest BCUT2D eigenvalue weighted by atomic mass is 16.5. The number of esters is 1. The van der Waals surface area contributed by atoms with Gasteiger partial charge in [0, 0.05) is 6.61 Å². The molecule has 1 unspecified atom stereocenters. The van der Waals surface area contributed by atoms with Crippen molar-refractivity contribution in [3.05, 3.63) is 23.8 Å². The average Bonchev–Trinajstić information content (AvgIpc) is 2.96. The molecule has 5 nitrogen and oxygen atoms in total. The molecule has 0 bridgehead atoms. The molecule has 2 N–H and O–H groups in total. The van der Waals surface area contributed by atoms with Crippen LogP contribution in [-0.2, 0) is 9.47 Å². The first-order valence-electron chi connectivity index (χ1n) is 6.93. The molecule has 1 atom stereocenters. The van der Waals surface area contributed by atoms with Crippen LogP contribution in [0.4, 0.5) is 5.69 Å². The van der Waals surface area contributed by atoms with Crippen LogP contribution in [-0.4, -0.2) is 32.4 Å². The van der Waals surface area contributed by atoms with E-state index in [1.807, 2.05) is 0 Å².